The monoisotopic (exact) mass is 345 g/mol. The van der Waals surface area contributed by atoms with Gasteiger partial charge >= 0.3 is 6.18 Å². The van der Waals surface area contributed by atoms with Gasteiger partial charge in [-0.2, -0.15) is 13.2 Å². The molecule has 1 N–H and O–H groups in total. The van der Waals surface area contributed by atoms with Crippen LogP contribution in [0.5, 0.6) is 0 Å². The highest BCUT2D eigenvalue weighted by Crippen LogP contribution is 2.32. The van der Waals surface area contributed by atoms with Crippen LogP contribution >= 0.6 is 11.3 Å². The summed E-state index contributed by atoms with van der Waals surface area (Å²) in [4.78, 5) is 11.9. The lowest BCUT2D eigenvalue weighted by Crippen LogP contribution is -2.17. The van der Waals surface area contributed by atoms with Gasteiger partial charge in [0.15, 0.2) is 0 Å². The van der Waals surface area contributed by atoms with Crippen LogP contribution in [-0.4, -0.2) is 23.2 Å². The van der Waals surface area contributed by atoms with Crippen LogP contribution in [0.15, 0.2) is 24.3 Å². The van der Waals surface area contributed by atoms with Crippen molar-refractivity contribution in [3.05, 3.63) is 40.4 Å². The molecule has 0 aliphatic carbocycles. The third kappa shape index (κ3) is 4.49. The number of methoxy groups -OCH3 is 1. The van der Waals surface area contributed by atoms with Crippen LogP contribution < -0.4 is 5.32 Å². The second-order valence-corrected chi connectivity index (χ2v) is 5.71. The second-order valence-electron chi connectivity index (χ2n) is 4.70. The number of rotatable bonds is 5. The first-order chi connectivity index (χ1) is 10.8. The number of nitrogens with one attached hydrogen (secondary N) is 1. The molecule has 2 aromatic rings. The molecule has 0 radical (unpaired) electrons. The van der Waals surface area contributed by atoms with Gasteiger partial charge in [0.05, 0.1) is 12.0 Å². The number of carbonyl (C=O) groups is 1. The SMILES string of the molecule is COC(C)c1nnc(NC(=O)Cc2ccccc2C(F)(F)F)s1. The van der Waals surface area contributed by atoms with E-state index in [1.807, 2.05) is 0 Å². The predicted octanol–water partition coefficient (Wildman–Crippen LogP) is 3.45. The number of hydrogen-bond acceptors (Lipinski definition) is 5. The molecular formula is C14H14F3N3O2S. The van der Waals surface area contributed by atoms with E-state index < -0.39 is 24.1 Å². The zero-order chi connectivity index (χ0) is 17.0. The molecule has 9 heteroatoms. The fourth-order valence-corrected chi connectivity index (χ4v) is 2.63. The average Bonchev–Trinajstić information content (AvgIpc) is 2.94. The minimum Gasteiger partial charge on any atom is -0.374 e. The van der Waals surface area contributed by atoms with Crippen molar-refractivity contribution in [2.45, 2.75) is 25.6 Å². The maximum absolute atomic E-state index is 12.9. The van der Waals surface area contributed by atoms with E-state index in [0.717, 1.165) is 17.4 Å². The van der Waals surface area contributed by atoms with Crippen LogP contribution in [0.2, 0.25) is 0 Å². The Morgan fingerprint density at radius 3 is 2.70 bits per heavy atom. The predicted molar refractivity (Wildman–Crippen MR) is 79.1 cm³/mol. The Morgan fingerprint density at radius 1 is 1.35 bits per heavy atom. The lowest BCUT2D eigenvalue weighted by atomic mass is 10.0. The summed E-state index contributed by atoms with van der Waals surface area (Å²) in [5.41, 5.74) is -0.909. The van der Waals surface area contributed by atoms with Crippen molar-refractivity contribution >= 4 is 22.4 Å². The van der Waals surface area contributed by atoms with Crippen molar-refractivity contribution in [1.82, 2.24) is 10.2 Å². The van der Waals surface area contributed by atoms with Crippen molar-refractivity contribution in [3.63, 3.8) is 0 Å². The number of alkyl halides is 3. The summed E-state index contributed by atoms with van der Waals surface area (Å²) in [6.07, 6.45) is -5.17. The van der Waals surface area contributed by atoms with E-state index in [4.69, 9.17) is 4.74 Å². The first-order valence-corrected chi connectivity index (χ1v) is 7.44. The molecule has 1 unspecified atom stereocenters. The Hall–Kier alpha value is -2.00. The Bertz CT molecular complexity index is 688. The third-order valence-electron chi connectivity index (χ3n) is 3.06. The number of benzene rings is 1. The first-order valence-electron chi connectivity index (χ1n) is 6.62. The number of carbonyl (C=O) groups excluding carboxylic acids is 1. The van der Waals surface area contributed by atoms with Gasteiger partial charge < -0.3 is 10.1 Å². The standard InChI is InChI=1S/C14H14F3N3O2S/c1-8(22-2)12-19-20-13(23-12)18-11(21)7-9-5-3-4-6-10(9)14(15,16)17/h3-6,8H,7H2,1-2H3,(H,18,20,21). The summed E-state index contributed by atoms with van der Waals surface area (Å²) in [5, 5.41) is 10.9. The summed E-state index contributed by atoms with van der Waals surface area (Å²) >= 11 is 1.11. The van der Waals surface area contributed by atoms with Crippen LogP contribution in [-0.2, 0) is 22.1 Å². The van der Waals surface area contributed by atoms with Gasteiger partial charge in [-0.05, 0) is 18.6 Å². The Labute approximate surface area is 134 Å². The minimum absolute atomic E-state index is 0.0903. The quantitative estimate of drug-likeness (QED) is 0.901. The molecule has 23 heavy (non-hydrogen) atoms. The van der Waals surface area contributed by atoms with Gasteiger partial charge in [0, 0.05) is 7.11 Å². The molecule has 1 amide bonds. The molecule has 5 nitrogen and oxygen atoms in total. The zero-order valence-electron chi connectivity index (χ0n) is 12.3. The highest BCUT2D eigenvalue weighted by atomic mass is 32.1. The fraction of sp³-hybridized carbons (Fsp3) is 0.357. The van der Waals surface area contributed by atoms with Gasteiger partial charge in [-0.1, -0.05) is 29.5 Å². The Morgan fingerprint density at radius 2 is 2.04 bits per heavy atom. The molecule has 0 fully saturated rings. The molecule has 1 aromatic heterocycles. The van der Waals surface area contributed by atoms with E-state index in [-0.39, 0.29) is 16.8 Å². The molecule has 0 aliphatic heterocycles. The van der Waals surface area contributed by atoms with E-state index in [2.05, 4.69) is 15.5 Å². The molecule has 1 heterocycles. The number of hydrogen-bond donors (Lipinski definition) is 1. The summed E-state index contributed by atoms with van der Waals surface area (Å²) in [5.74, 6) is -0.588. The molecule has 124 valence electrons. The summed E-state index contributed by atoms with van der Waals surface area (Å²) < 4.78 is 43.7. The molecular weight excluding hydrogens is 331 g/mol. The maximum atomic E-state index is 12.9. The smallest absolute Gasteiger partial charge is 0.374 e. The van der Waals surface area contributed by atoms with Crippen LogP contribution in [0.4, 0.5) is 18.3 Å². The summed E-state index contributed by atoms with van der Waals surface area (Å²) in [7, 11) is 1.51. The number of nitrogens with zero attached hydrogens (tertiary/aromatic N) is 2. The molecule has 0 spiro atoms. The lowest BCUT2D eigenvalue weighted by Gasteiger charge is -2.11. The van der Waals surface area contributed by atoms with E-state index in [0.29, 0.717) is 5.01 Å². The van der Waals surface area contributed by atoms with Crippen molar-refractivity contribution < 1.29 is 22.7 Å². The third-order valence-corrected chi connectivity index (χ3v) is 4.06. The number of amides is 1. The normalized spacial score (nSPS) is 12.9. The van der Waals surface area contributed by atoms with E-state index in [1.165, 1.54) is 25.3 Å². The fourth-order valence-electron chi connectivity index (χ4n) is 1.84. The lowest BCUT2D eigenvalue weighted by molar-refractivity contribution is -0.138. The van der Waals surface area contributed by atoms with Crippen molar-refractivity contribution in [3.8, 4) is 0 Å². The first kappa shape index (κ1) is 17.4. The van der Waals surface area contributed by atoms with E-state index in [9.17, 15) is 18.0 Å². The summed E-state index contributed by atoms with van der Waals surface area (Å²) in [6.45, 7) is 1.77. The summed E-state index contributed by atoms with van der Waals surface area (Å²) in [6, 6.07) is 4.97. The minimum atomic E-state index is -4.50. The molecule has 1 aromatic carbocycles. The van der Waals surface area contributed by atoms with E-state index >= 15 is 0 Å². The van der Waals surface area contributed by atoms with Crippen LogP contribution in [0, 0.1) is 0 Å². The number of anilines is 1. The Kier molecular flexibility index (Phi) is 5.32. The van der Waals surface area contributed by atoms with Gasteiger partial charge in [0.2, 0.25) is 11.0 Å². The van der Waals surface area contributed by atoms with Crippen LogP contribution in [0.1, 0.15) is 29.2 Å². The topological polar surface area (TPSA) is 64.1 Å². The zero-order valence-corrected chi connectivity index (χ0v) is 13.2. The average molecular weight is 345 g/mol. The van der Waals surface area contributed by atoms with Gasteiger partial charge in [-0.15, -0.1) is 10.2 Å². The van der Waals surface area contributed by atoms with Crippen LogP contribution in [0.3, 0.4) is 0 Å². The van der Waals surface area contributed by atoms with Crippen molar-refractivity contribution in [2.24, 2.45) is 0 Å². The van der Waals surface area contributed by atoms with Crippen molar-refractivity contribution in [1.29, 1.82) is 0 Å². The second kappa shape index (κ2) is 7.05. The van der Waals surface area contributed by atoms with Gasteiger partial charge in [-0.25, -0.2) is 0 Å². The van der Waals surface area contributed by atoms with E-state index in [1.54, 1.807) is 6.92 Å². The van der Waals surface area contributed by atoms with Crippen LogP contribution in [0.25, 0.3) is 0 Å². The molecule has 0 saturated carbocycles. The molecule has 1 atom stereocenters. The van der Waals surface area contributed by atoms with Gasteiger partial charge in [0.25, 0.3) is 0 Å². The van der Waals surface area contributed by atoms with Gasteiger partial charge in [-0.3, -0.25) is 4.79 Å². The van der Waals surface area contributed by atoms with Crippen molar-refractivity contribution in [2.75, 3.05) is 12.4 Å². The number of ether oxygens (including phenoxy) is 1. The molecule has 0 bridgehead atoms. The molecule has 2 rings (SSSR count). The maximum Gasteiger partial charge on any atom is 0.416 e. The molecule has 0 aliphatic rings. The number of halogens is 3. The number of aromatic nitrogens is 2. The largest absolute Gasteiger partial charge is 0.416 e. The molecule has 0 saturated heterocycles. The highest BCUT2D eigenvalue weighted by Gasteiger charge is 2.33. The van der Waals surface area contributed by atoms with Gasteiger partial charge in [0.1, 0.15) is 11.1 Å². The Balaban J connectivity index is 2.07. The highest BCUT2D eigenvalue weighted by molar-refractivity contribution is 7.15.